The topological polar surface area (TPSA) is 51.5 Å². The lowest BCUT2D eigenvalue weighted by molar-refractivity contribution is -0.137. The third-order valence-corrected chi connectivity index (χ3v) is 6.70. The molecule has 5 nitrogen and oxygen atoms in total. The number of carbonyl (C=O) groups excluding carboxylic acids is 2. The summed E-state index contributed by atoms with van der Waals surface area (Å²) in [6.07, 6.45) is -4.50. The van der Waals surface area contributed by atoms with E-state index in [2.05, 4.69) is 0 Å². The van der Waals surface area contributed by atoms with Crippen LogP contribution >= 0.6 is 23.2 Å². The number of hydrogen-bond acceptors (Lipinski definition) is 3. The molecule has 1 aromatic heterocycles. The van der Waals surface area contributed by atoms with Crippen LogP contribution in [0.5, 0.6) is 0 Å². The quantitative estimate of drug-likeness (QED) is 0.432. The van der Waals surface area contributed by atoms with Crippen molar-refractivity contribution in [2.45, 2.75) is 26.4 Å². The Morgan fingerprint density at radius 2 is 1.76 bits per heavy atom. The summed E-state index contributed by atoms with van der Waals surface area (Å²) in [6, 6.07) is 6.79. The summed E-state index contributed by atoms with van der Waals surface area (Å²) in [5, 5.41) is 0.958. The van der Waals surface area contributed by atoms with Crippen LogP contribution in [0, 0.1) is 6.92 Å². The lowest BCUT2D eigenvalue weighted by Gasteiger charge is -2.27. The number of hydrogen-bond donors (Lipinski definition) is 0. The maximum Gasteiger partial charge on any atom is 0.416 e. The normalized spacial score (nSPS) is 14.6. The van der Waals surface area contributed by atoms with Crippen molar-refractivity contribution in [3.8, 4) is 0 Å². The summed E-state index contributed by atoms with van der Waals surface area (Å²) in [6.45, 7) is 4.58. The second-order valence-corrected chi connectivity index (χ2v) is 8.97. The molecule has 0 unspecified atom stereocenters. The monoisotopic (exact) mass is 512 g/mol. The van der Waals surface area contributed by atoms with Gasteiger partial charge in [-0.1, -0.05) is 23.2 Å². The summed E-state index contributed by atoms with van der Waals surface area (Å²) < 4.78 is 46.7. The second kappa shape index (κ2) is 9.24. The highest BCUT2D eigenvalue weighted by atomic mass is 35.5. The molecule has 1 amide bonds. The van der Waals surface area contributed by atoms with Crippen LogP contribution in [0.1, 0.15) is 44.5 Å². The van der Waals surface area contributed by atoms with Gasteiger partial charge in [0.2, 0.25) is 5.91 Å². The third-order valence-electron chi connectivity index (χ3n) is 5.92. The van der Waals surface area contributed by atoms with Crippen molar-refractivity contribution in [1.29, 1.82) is 0 Å². The Bertz CT molecular complexity index is 1300. The maximum absolute atomic E-state index is 13.4. The zero-order valence-electron chi connectivity index (χ0n) is 18.4. The first kappa shape index (κ1) is 24.6. The first-order chi connectivity index (χ1) is 16.0. The molecule has 4 rings (SSSR count). The second-order valence-electron chi connectivity index (χ2n) is 8.18. The van der Waals surface area contributed by atoms with E-state index < -0.39 is 17.6 Å². The molecule has 0 atom stereocenters. The fourth-order valence-corrected chi connectivity index (χ4v) is 4.83. The first-order valence-corrected chi connectivity index (χ1v) is 11.3. The average Bonchev–Trinajstić information content (AvgIpc) is 3.15. The van der Waals surface area contributed by atoms with Crippen LogP contribution in [-0.2, 0) is 17.3 Å². The van der Waals surface area contributed by atoms with Crippen LogP contribution in [-0.4, -0.2) is 47.6 Å². The van der Waals surface area contributed by atoms with Crippen LogP contribution < -0.4 is 0 Å². The molecule has 34 heavy (non-hydrogen) atoms. The van der Waals surface area contributed by atoms with Crippen LogP contribution in [0.15, 0.2) is 30.3 Å². The van der Waals surface area contributed by atoms with E-state index in [0.29, 0.717) is 48.5 Å². The smallest absolute Gasteiger partial charge is 0.378 e. The van der Waals surface area contributed by atoms with Gasteiger partial charge in [-0.25, -0.2) is 0 Å². The van der Waals surface area contributed by atoms with Crippen molar-refractivity contribution in [3.05, 3.63) is 68.3 Å². The number of amides is 1. The Morgan fingerprint density at radius 3 is 2.38 bits per heavy atom. The Labute approximate surface area is 204 Å². The minimum absolute atomic E-state index is 0.0525. The Balaban J connectivity index is 1.81. The summed E-state index contributed by atoms with van der Waals surface area (Å²) in [7, 11) is 0. The molecule has 1 saturated heterocycles. The number of aromatic nitrogens is 1. The van der Waals surface area contributed by atoms with E-state index in [9.17, 15) is 22.8 Å². The van der Waals surface area contributed by atoms with Crippen molar-refractivity contribution >= 4 is 45.9 Å². The lowest BCUT2D eigenvalue weighted by Crippen LogP contribution is -2.40. The third kappa shape index (κ3) is 4.54. The molecule has 2 aromatic carbocycles. The minimum atomic E-state index is -4.55. The average molecular weight is 513 g/mol. The maximum atomic E-state index is 13.4. The van der Waals surface area contributed by atoms with E-state index >= 15 is 0 Å². The predicted octanol–water partition coefficient (Wildman–Crippen LogP) is 6.00. The Morgan fingerprint density at radius 1 is 1.09 bits per heavy atom. The molecule has 0 aliphatic carbocycles. The number of aryl methyl sites for hydroxylation is 1. The van der Waals surface area contributed by atoms with Gasteiger partial charge in [0.1, 0.15) is 0 Å². The van der Waals surface area contributed by atoms with Crippen LogP contribution in [0.3, 0.4) is 0 Å². The molecule has 1 fully saturated rings. The predicted molar refractivity (Wildman–Crippen MR) is 124 cm³/mol. The molecule has 180 valence electrons. The summed E-state index contributed by atoms with van der Waals surface area (Å²) in [5.41, 5.74) is 0.816. The Kier molecular flexibility index (Phi) is 6.68. The van der Waals surface area contributed by atoms with Gasteiger partial charge in [0, 0.05) is 42.5 Å². The molecule has 3 aromatic rings. The highest BCUT2D eigenvalue weighted by molar-refractivity contribution is 6.38. The van der Waals surface area contributed by atoms with E-state index in [4.69, 9.17) is 27.9 Å². The number of morpholine rings is 1. The van der Waals surface area contributed by atoms with Crippen molar-refractivity contribution in [2.24, 2.45) is 0 Å². The standard InChI is InChI=1S/C24H21Cl2F3N2O3/c1-13-9-15(24(27,28)29)10-21-18(13)11-16(31(21)14(2)32)12-19-20(25)4-3-17(22(19)26)23(33)30-5-7-34-8-6-30/h3-4,9-11H,5-8,12H2,1-2H3. The molecule has 0 N–H and O–H groups in total. The van der Waals surface area contributed by atoms with Gasteiger partial charge < -0.3 is 9.64 Å². The van der Waals surface area contributed by atoms with Crippen LogP contribution in [0.25, 0.3) is 10.9 Å². The van der Waals surface area contributed by atoms with Crippen molar-refractivity contribution in [3.63, 3.8) is 0 Å². The van der Waals surface area contributed by atoms with Crippen LogP contribution in [0.4, 0.5) is 13.2 Å². The number of rotatable bonds is 3. The van der Waals surface area contributed by atoms with Crippen LogP contribution in [0.2, 0.25) is 10.0 Å². The molecule has 1 aliphatic heterocycles. The lowest BCUT2D eigenvalue weighted by atomic mass is 10.0. The Hall–Kier alpha value is -2.55. The van der Waals surface area contributed by atoms with Gasteiger partial charge in [-0.05, 0) is 48.4 Å². The van der Waals surface area contributed by atoms with E-state index in [1.54, 1.807) is 30.0 Å². The number of benzene rings is 2. The van der Waals surface area contributed by atoms with E-state index in [1.807, 2.05) is 0 Å². The van der Waals surface area contributed by atoms with Gasteiger partial charge in [-0.15, -0.1) is 0 Å². The molecule has 1 aliphatic rings. The van der Waals surface area contributed by atoms with E-state index in [0.717, 1.165) is 12.1 Å². The van der Waals surface area contributed by atoms with E-state index in [1.165, 1.54) is 11.5 Å². The van der Waals surface area contributed by atoms with Gasteiger partial charge in [0.05, 0.1) is 34.9 Å². The molecular weight excluding hydrogens is 492 g/mol. The molecule has 2 heterocycles. The zero-order chi connectivity index (χ0) is 24.8. The number of ether oxygens (including phenoxy) is 1. The number of fused-ring (bicyclic) bond motifs is 1. The molecule has 0 saturated carbocycles. The van der Waals surface area contributed by atoms with Gasteiger partial charge in [-0.3, -0.25) is 14.2 Å². The number of nitrogens with zero attached hydrogens (tertiary/aromatic N) is 2. The first-order valence-electron chi connectivity index (χ1n) is 10.6. The number of halogens is 5. The SMILES string of the molecule is CC(=O)n1c(Cc2c(Cl)ccc(C(=O)N3CCOCC3)c2Cl)cc2c(C)cc(C(F)(F)F)cc21. The molecule has 10 heteroatoms. The largest absolute Gasteiger partial charge is 0.416 e. The van der Waals surface area contributed by atoms with Gasteiger partial charge >= 0.3 is 6.18 Å². The van der Waals surface area contributed by atoms with Gasteiger partial charge in [0.25, 0.3) is 5.91 Å². The summed E-state index contributed by atoms with van der Waals surface area (Å²) in [5.74, 6) is -0.708. The summed E-state index contributed by atoms with van der Waals surface area (Å²) in [4.78, 5) is 27.1. The molecule has 0 spiro atoms. The number of alkyl halides is 3. The fourth-order valence-electron chi connectivity index (χ4n) is 4.25. The van der Waals surface area contributed by atoms with Crippen molar-refractivity contribution in [2.75, 3.05) is 26.3 Å². The zero-order valence-corrected chi connectivity index (χ0v) is 19.9. The number of carbonyl (C=O) groups is 2. The van der Waals surface area contributed by atoms with Gasteiger partial charge in [-0.2, -0.15) is 13.2 Å². The minimum Gasteiger partial charge on any atom is -0.378 e. The fraction of sp³-hybridized carbons (Fsp3) is 0.333. The van der Waals surface area contributed by atoms with E-state index in [-0.39, 0.29) is 33.5 Å². The summed E-state index contributed by atoms with van der Waals surface area (Å²) >= 11 is 13.0. The van der Waals surface area contributed by atoms with Crippen molar-refractivity contribution < 1.29 is 27.5 Å². The molecule has 0 bridgehead atoms. The van der Waals surface area contributed by atoms with Crippen molar-refractivity contribution in [1.82, 2.24) is 9.47 Å². The highest BCUT2D eigenvalue weighted by Crippen LogP contribution is 2.36. The highest BCUT2D eigenvalue weighted by Gasteiger charge is 2.32. The molecular formula is C24H21Cl2F3N2O3. The molecule has 0 radical (unpaired) electrons. The van der Waals surface area contributed by atoms with Gasteiger partial charge in [0.15, 0.2) is 0 Å².